The van der Waals surface area contributed by atoms with Crippen LogP contribution < -0.4 is 5.32 Å². The van der Waals surface area contributed by atoms with Crippen molar-refractivity contribution in [1.29, 1.82) is 0 Å². The van der Waals surface area contributed by atoms with E-state index in [1.54, 1.807) is 0 Å². The quantitative estimate of drug-likeness (QED) is 0.386. The second-order valence-electron chi connectivity index (χ2n) is 1.36. The highest BCUT2D eigenvalue weighted by Crippen LogP contribution is 1.74. The van der Waals surface area contributed by atoms with Crippen LogP contribution >= 0.6 is 0 Å². The van der Waals surface area contributed by atoms with Gasteiger partial charge >= 0.3 is 10.4 Å². The second kappa shape index (κ2) is 7.89. The Labute approximate surface area is 66.1 Å². The lowest BCUT2D eigenvalue weighted by Crippen LogP contribution is -2.12. The molecule has 6 nitrogen and oxygen atoms in total. The molecule has 0 aliphatic heterocycles. The molecule has 0 fully saturated rings. The molecule has 0 unspecified atom stereocenters. The number of hydrogen-bond donors (Lipinski definition) is 3. The molecule has 0 amide bonds. The molecule has 3 N–H and O–H groups in total. The van der Waals surface area contributed by atoms with E-state index in [1.807, 2.05) is 6.92 Å². The van der Waals surface area contributed by atoms with E-state index >= 15 is 0 Å². The van der Waals surface area contributed by atoms with E-state index in [1.165, 1.54) is 0 Å². The summed E-state index contributed by atoms with van der Waals surface area (Å²) in [7, 11) is -3.29. The number of nitrogens with one attached hydrogen (secondary N) is 1. The fraction of sp³-hybridized carbons (Fsp3) is 1.00. The lowest BCUT2D eigenvalue weighted by Gasteiger charge is -1.85. The molecule has 0 atom stereocenters. The standard InChI is InChI=1S/C3H9NO.CH4O4S/c1-2-4-3-5;1-5-6(2,3)4/h4-5H,2-3H2,1H3;1H3,(H,2,3,4). The third-order valence-corrected chi connectivity index (χ3v) is 0.994. The average molecular weight is 187 g/mol. The van der Waals surface area contributed by atoms with Gasteiger partial charge < -0.3 is 5.11 Å². The fourth-order valence-corrected chi connectivity index (χ4v) is 0.112. The number of aliphatic hydroxyl groups is 1. The van der Waals surface area contributed by atoms with Crippen molar-refractivity contribution in [1.82, 2.24) is 5.32 Å². The van der Waals surface area contributed by atoms with E-state index in [9.17, 15) is 8.42 Å². The summed E-state index contributed by atoms with van der Waals surface area (Å²) in [4.78, 5) is 0. The molecule has 0 aromatic carbocycles. The minimum absolute atomic E-state index is 0.0938. The van der Waals surface area contributed by atoms with Crippen LogP contribution in [-0.4, -0.2) is 38.5 Å². The van der Waals surface area contributed by atoms with Gasteiger partial charge in [-0.15, -0.1) is 0 Å². The first-order chi connectivity index (χ1) is 4.97. The maximum Gasteiger partial charge on any atom is 0.397 e. The SMILES string of the molecule is CCNCO.COS(=O)(=O)O. The highest BCUT2D eigenvalue weighted by molar-refractivity contribution is 7.80. The number of hydrogen-bond acceptors (Lipinski definition) is 5. The van der Waals surface area contributed by atoms with E-state index in [2.05, 4.69) is 9.50 Å². The molecule has 0 aliphatic carbocycles. The summed E-state index contributed by atoms with van der Waals surface area (Å²) in [5.41, 5.74) is 0. The molecule has 0 saturated carbocycles. The first-order valence-electron chi connectivity index (χ1n) is 2.82. The van der Waals surface area contributed by atoms with Crippen molar-refractivity contribution in [2.45, 2.75) is 6.92 Å². The molecule has 0 aromatic rings. The molecular formula is C4H13NO5S. The van der Waals surface area contributed by atoms with Gasteiger partial charge in [-0.3, -0.25) is 14.1 Å². The molecule has 0 saturated heterocycles. The van der Waals surface area contributed by atoms with Crippen LogP contribution in [0.5, 0.6) is 0 Å². The smallest absolute Gasteiger partial charge is 0.381 e. The minimum atomic E-state index is -4.16. The summed E-state index contributed by atoms with van der Waals surface area (Å²) in [6.45, 7) is 2.88. The average Bonchev–Trinajstić information content (AvgIpc) is 1.90. The summed E-state index contributed by atoms with van der Waals surface area (Å²) in [5.74, 6) is 0. The van der Waals surface area contributed by atoms with Crippen LogP contribution in [0.2, 0.25) is 0 Å². The van der Waals surface area contributed by atoms with Gasteiger partial charge in [0.25, 0.3) is 0 Å². The van der Waals surface area contributed by atoms with E-state index in [0.29, 0.717) is 0 Å². The van der Waals surface area contributed by atoms with Gasteiger partial charge in [0.1, 0.15) is 0 Å². The van der Waals surface area contributed by atoms with Crippen LogP contribution in [0.4, 0.5) is 0 Å². The zero-order chi connectivity index (χ0) is 9.33. The molecule has 0 bridgehead atoms. The Hall–Kier alpha value is -0.210. The first kappa shape index (κ1) is 13.4. The fourth-order valence-electron chi connectivity index (χ4n) is 0.112. The van der Waals surface area contributed by atoms with Gasteiger partial charge in [0.2, 0.25) is 0 Å². The molecule has 0 heterocycles. The summed E-state index contributed by atoms with van der Waals surface area (Å²) < 4.78 is 29.7. The third-order valence-electron chi connectivity index (χ3n) is 0.572. The van der Waals surface area contributed by atoms with Crippen LogP contribution in [0.3, 0.4) is 0 Å². The zero-order valence-electron chi connectivity index (χ0n) is 6.44. The van der Waals surface area contributed by atoms with Crippen molar-refractivity contribution in [3.8, 4) is 0 Å². The third kappa shape index (κ3) is 25.9. The molecule has 0 aromatic heterocycles. The Balaban J connectivity index is 0. The van der Waals surface area contributed by atoms with Crippen molar-refractivity contribution >= 4 is 10.4 Å². The van der Waals surface area contributed by atoms with Crippen molar-refractivity contribution < 1.29 is 22.3 Å². The van der Waals surface area contributed by atoms with Crippen LogP contribution in [-0.2, 0) is 14.6 Å². The molecule has 11 heavy (non-hydrogen) atoms. The molecule has 0 spiro atoms. The predicted octanol–water partition coefficient (Wildman–Crippen LogP) is -1.02. The van der Waals surface area contributed by atoms with E-state index < -0.39 is 10.4 Å². The monoisotopic (exact) mass is 187 g/mol. The Morgan fingerprint density at radius 3 is 1.91 bits per heavy atom. The Kier molecular flexibility index (Phi) is 9.60. The molecule has 7 heteroatoms. The molecular weight excluding hydrogens is 174 g/mol. The summed E-state index contributed by atoms with van der Waals surface area (Å²) in [6, 6.07) is 0. The predicted molar refractivity (Wildman–Crippen MR) is 39.3 cm³/mol. The molecule has 0 aliphatic rings. The lowest BCUT2D eigenvalue weighted by molar-refractivity contribution is 0.264. The highest BCUT2D eigenvalue weighted by atomic mass is 32.3. The first-order valence-corrected chi connectivity index (χ1v) is 4.19. The lowest BCUT2D eigenvalue weighted by atomic mass is 10.8. The van der Waals surface area contributed by atoms with Gasteiger partial charge in [-0.1, -0.05) is 6.92 Å². The molecule has 0 radical (unpaired) electrons. The van der Waals surface area contributed by atoms with E-state index in [0.717, 1.165) is 13.7 Å². The van der Waals surface area contributed by atoms with Crippen LogP contribution in [0, 0.1) is 0 Å². The van der Waals surface area contributed by atoms with Gasteiger partial charge in [0, 0.05) is 0 Å². The summed E-state index contributed by atoms with van der Waals surface area (Å²) in [5, 5.41) is 10.6. The maximum absolute atomic E-state index is 9.33. The van der Waals surface area contributed by atoms with Gasteiger partial charge in [0.15, 0.2) is 0 Å². The van der Waals surface area contributed by atoms with Gasteiger partial charge in [-0.2, -0.15) is 8.42 Å². The number of aliphatic hydroxyl groups excluding tert-OH is 1. The van der Waals surface area contributed by atoms with Gasteiger partial charge in [0.05, 0.1) is 13.8 Å². The van der Waals surface area contributed by atoms with Crippen molar-refractivity contribution in [3.63, 3.8) is 0 Å². The zero-order valence-corrected chi connectivity index (χ0v) is 7.26. The number of rotatable bonds is 3. The van der Waals surface area contributed by atoms with Gasteiger partial charge in [-0.25, -0.2) is 0 Å². The topological polar surface area (TPSA) is 95.9 Å². The Morgan fingerprint density at radius 1 is 1.55 bits per heavy atom. The van der Waals surface area contributed by atoms with E-state index in [-0.39, 0.29) is 6.73 Å². The minimum Gasteiger partial charge on any atom is -0.381 e. The normalized spacial score (nSPS) is 10.2. The van der Waals surface area contributed by atoms with Gasteiger partial charge in [-0.05, 0) is 6.54 Å². The summed E-state index contributed by atoms with van der Waals surface area (Å²) >= 11 is 0. The maximum atomic E-state index is 9.33. The highest BCUT2D eigenvalue weighted by Gasteiger charge is 1.93. The van der Waals surface area contributed by atoms with Crippen molar-refractivity contribution in [2.75, 3.05) is 20.4 Å². The van der Waals surface area contributed by atoms with E-state index in [4.69, 9.17) is 9.66 Å². The summed E-state index contributed by atoms with van der Waals surface area (Å²) in [6.07, 6.45) is 0. The molecule has 0 rings (SSSR count). The van der Waals surface area contributed by atoms with Crippen LogP contribution in [0.1, 0.15) is 6.92 Å². The largest absolute Gasteiger partial charge is 0.397 e. The Bertz CT molecular complexity index is 152. The van der Waals surface area contributed by atoms with Crippen molar-refractivity contribution in [2.24, 2.45) is 0 Å². The second-order valence-corrected chi connectivity index (χ2v) is 2.54. The van der Waals surface area contributed by atoms with Crippen LogP contribution in [0.15, 0.2) is 0 Å². The van der Waals surface area contributed by atoms with Crippen molar-refractivity contribution in [3.05, 3.63) is 0 Å². The van der Waals surface area contributed by atoms with Crippen LogP contribution in [0.25, 0.3) is 0 Å². The Morgan fingerprint density at radius 2 is 1.91 bits per heavy atom. The molecule has 70 valence electrons.